The van der Waals surface area contributed by atoms with Crippen molar-refractivity contribution in [3.05, 3.63) is 46.9 Å². The summed E-state index contributed by atoms with van der Waals surface area (Å²) in [5.74, 6) is 1.77. The first-order valence-electron chi connectivity index (χ1n) is 12.6. The lowest BCUT2D eigenvalue weighted by molar-refractivity contribution is -0.154. The van der Waals surface area contributed by atoms with E-state index in [4.69, 9.17) is 16.6 Å². The Balaban J connectivity index is 1.24. The van der Waals surface area contributed by atoms with E-state index in [1.807, 2.05) is 17.9 Å². The molecule has 11 heteroatoms. The number of aryl methyl sites for hydroxylation is 1. The fourth-order valence-electron chi connectivity index (χ4n) is 5.30. The minimum absolute atomic E-state index is 0.111. The Hall–Kier alpha value is -2.46. The number of aromatic amines is 1. The van der Waals surface area contributed by atoms with Gasteiger partial charge in [0, 0.05) is 55.3 Å². The number of halogens is 4. The van der Waals surface area contributed by atoms with Gasteiger partial charge >= 0.3 is 6.18 Å². The van der Waals surface area contributed by atoms with Crippen molar-refractivity contribution < 1.29 is 13.2 Å². The van der Waals surface area contributed by atoms with Gasteiger partial charge in [0.05, 0.1) is 29.7 Å². The van der Waals surface area contributed by atoms with Gasteiger partial charge in [0.1, 0.15) is 5.82 Å². The van der Waals surface area contributed by atoms with E-state index in [0.717, 1.165) is 47.6 Å². The van der Waals surface area contributed by atoms with Crippen molar-refractivity contribution in [1.29, 1.82) is 0 Å². The lowest BCUT2D eigenvalue weighted by atomic mass is 9.83. The first-order chi connectivity index (χ1) is 17.2. The van der Waals surface area contributed by atoms with Crippen LogP contribution in [-0.2, 0) is 26.4 Å². The molecule has 3 heterocycles. The highest BCUT2D eigenvalue weighted by atomic mass is 35.5. The van der Waals surface area contributed by atoms with E-state index < -0.39 is 12.7 Å². The van der Waals surface area contributed by atoms with Crippen LogP contribution in [0.1, 0.15) is 55.6 Å². The zero-order valence-corrected chi connectivity index (χ0v) is 21.1. The number of hydrogen-bond acceptors (Lipinski definition) is 5. The fourth-order valence-corrected chi connectivity index (χ4v) is 5.50. The molecule has 36 heavy (non-hydrogen) atoms. The first kappa shape index (κ1) is 25.2. The summed E-state index contributed by atoms with van der Waals surface area (Å²) in [4.78, 5) is 10.8. The Morgan fingerprint density at radius 2 is 1.78 bits per heavy atom. The summed E-state index contributed by atoms with van der Waals surface area (Å²) < 4.78 is 41.7. The average molecular weight is 522 g/mol. The molecule has 2 fully saturated rings. The fraction of sp³-hybridized carbons (Fsp3) is 0.600. The second-order valence-electron chi connectivity index (χ2n) is 10.3. The van der Waals surface area contributed by atoms with E-state index in [9.17, 15) is 13.2 Å². The monoisotopic (exact) mass is 521 g/mol. The average Bonchev–Trinajstić information content (AvgIpc) is 3.37. The van der Waals surface area contributed by atoms with Gasteiger partial charge in [0.25, 0.3) is 0 Å². The van der Waals surface area contributed by atoms with Gasteiger partial charge in [0.2, 0.25) is 0 Å². The Morgan fingerprint density at radius 3 is 2.44 bits per heavy atom. The van der Waals surface area contributed by atoms with E-state index in [1.165, 1.54) is 12.8 Å². The van der Waals surface area contributed by atoms with Crippen LogP contribution in [0.4, 0.5) is 13.2 Å². The van der Waals surface area contributed by atoms with E-state index >= 15 is 0 Å². The molecule has 0 saturated heterocycles. The first-order valence-corrected chi connectivity index (χ1v) is 12.9. The summed E-state index contributed by atoms with van der Waals surface area (Å²) in [7, 11) is 1.95. The van der Waals surface area contributed by atoms with Crippen LogP contribution in [0, 0.1) is 11.8 Å². The third-order valence-electron chi connectivity index (χ3n) is 7.42. The number of aromatic nitrogens is 6. The number of alkyl halides is 3. The summed E-state index contributed by atoms with van der Waals surface area (Å²) in [6.45, 7) is -0.672. The van der Waals surface area contributed by atoms with Gasteiger partial charge in [-0.05, 0) is 56.8 Å². The molecule has 1 N–H and O–H groups in total. The molecule has 0 aliphatic heterocycles. The lowest BCUT2D eigenvalue weighted by Crippen LogP contribution is -2.43. The highest BCUT2D eigenvalue weighted by molar-refractivity contribution is 6.32. The normalized spacial score (nSPS) is 20.8. The van der Waals surface area contributed by atoms with Crippen molar-refractivity contribution in [2.45, 2.75) is 70.1 Å². The molecule has 0 amide bonds. The Kier molecular flexibility index (Phi) is 7.35. The quantitative estimate of drug-likeness (QED) is 0.409. The van der Waals surface area contributed by atoms with Crippen molar-refractivity contribution in [1.82, 2.24) is 34.8 Å². The molecule has 2 saturated carbocycles. The van der Waals surface area contributed by atoms with Crippen molar-refractivity contribution in [3.8, 4) is 11.3 Å². The molecule has 0 radical (unpaired) electrons. The van der Waals surface area contributed by atoms with Crippen molar-refractivity contribution in [3.63, 3.8) is 0 Å². The van der Waals surface area contributed by atoms with Crippen LogP contribution in [0.3, 0.4) is 0 Å². The van der Waals surface area contributed by atoms with Gasteiger partial charge in [-0.3, -0.25) is 14.7 Å². The summed E-state index contributed by atoms with van der Waals surface area (Å²) in [5, 5.41) is 11.5. The topological polar surface area (TPSA) is 75.5 Å². The standard InChI is InChI=1S/C25H31ClF3N7/c1-35-22(8-16-2-3-16)20(12-33-35)24-21(26)13-30-23(34-24)9-17-4-6-19(7-5-17)36(15-25(27,28)29)14-18-10-31-32-11-18/h10-13,16-17,19H,2-9,14-15H2,1H3,(H,31,32). The SMILES string of the molecule is Cn1ncc(-c2nc(CC3CCC(N(Cc4cn[nH]c4)CC(F)(F)F)CC3)ncc2Cl)c1CC1CC1. The zero-order valence-electron chi connectivity index (χ0n) is 20.3. The molecule has 3 aromatic heterocycles. The number of nitrogens with zero attached hydrogens (tertiary/aromatic N) is 6. The number of hydrogen-bond donors (Lipinski definition) is 1. The van der Waals surface area contributed by atoms with Crippen LogP contribution >= 0.6 is 11.6 Å². The molecule has 0 spiro atoms. The van der Waals surface area contributed by atoms with Crippen LogP contribution in [0.5, 0.6) is 0 Å². The van der Waals surface area contributed by atoms with E-state index in [1.54, 1.807) is 23.5 Å². The summed E-state index contributed by atoms with van der Waals surface area (Å²) in [6, 6.07) is -0.111. The van der Waals surface area contributed by atoms with Gasteiger partial charge in [-0.1, -0.05) is 11.6 Å². The molecule has 194 valence electrons. The molecule has 2 aliphatic rings. The minimum Gasteiger partial charge on any atom is -0.288 e. The van der Waals surface area contributed by atoms with Gasteiger partial charge in [-0.25, -0.2) is 9.97 Å². The van der Waals surface area contributed by atoms with Crippen LogP contribution in [0.2, 0.25) is 5.02 Å². The van der Waals surface area contributed by atoms with Crippen molar-refractivity contribution in [2.24, 2.45) is 18.9 Å². The maximum absolute atomic E-state index is 13.3. The van der Waals surface area contributed by atoms with Gasteiger partial charge in [-0.15, -0.1) is 0 Å². The summed E-state index contributed by atoms with van der Waals surface area (Å²) in [5.41, 5.74) is 3.59. The second-order valence-corrected chi connectivity index (χ2v) is 10.7. The van der Waals surface area contributed by atoms with Crippen LogP contribution < -0.4 is 0 Å². The van der Waals surface area contributed by atoms with E-state index in [0.29, 0.717) is 36.1 Å². The molecular formula is C25H31ClF3N7. The van der Waals surface area contributed by atoms with Gasteiger partial charge in [-0.2, -0.15) is 23.4 Å². The smallest absolute Gasteiger partial charge is 0.288 e. The highest BCUT2D eigenvalue weighted by Gasteiger charge is 2.36. The van der Waals surface area contributed by atoms with Crippen LogP contribution in [0.15, 0.2) is 24.8 Å². The van der Waals surface area contributed by atoms with Gasteiger partial charge < -0.3 is 0 Å². The predicted octanol–water partition coefficient (Wildman–Crippen LogP) is 5.37. The maximum atomic E-state index is 13.3. The molecule has 2 aliphatic carbocycles. The molecule has 7 nitrogen and oxygen atoms in total. The van der Waals surface area contributed by atoms with Crippen LogP contribution in [0.25, 0.3) is 11.3 Å². The third-order valence-corrected chi connectivity index (χ3v) is 7.69. The highest BCUT2D eigenvalue weighted by Crippen LogP contribution is 2.37. The second kappa shape index (κ2) is 10.5. The number of H-pyrrole nitrogens is 1. The van der Waals surface area contributed by atoms with E-state index in [-0.39, 0.29) is 12.6 Å². The van der Waals surface area contributed by atoms with Gasteiger partial charge in [0.15, 0.2) is 0 Å². The molecule has 5 rings (SSSR count). The molecule has 0 aromatic carbocycles. The molecule has 0 bridgehead atoms. The molecule has 3 aromatic rings. The summed E-state index contributed by atoms with van der Waals surface area (Å²) in [6.07, 6.45) is 9.76. The molecule has 0 atom stereocenters. The minimum atomic E-state index is -4.24. The number of rotatable bonds is 9. The van der Waals surface area contributed by atoms with Crippen molar-refractivity contribution in [2.75, 3.05) is 6.54 Å². The van der Waals surface area contributed by atoms with E-state index in [2.05, 4.69) is 20.3 Å². The zero-order chi connectivity index (χ0) is 25.3. The van der Waals surface area contributed by atoms with Crippen LogP contribution in [-0.4, -0.2) is 53.6 Å². The van der Waals surface area contributed by atoms with Crippen molar-refractivity contribution >= 4 is 11.6 Å². The third kappa shape index (κ3) is 6.26. The largest absolute Gasteiger partial charge is 0.401 e. The Labute approximate surface area is 213 Å². The Bertz CT molecular complexity index is 1150. The summed E-state index contributed by atoms with van der Waals surface area (Å²) >= 11 is 6.51. The Morgan fingerprint density at radius 1 is 1.06 bits per heavy atom. The molecule has 0 unspecified atom stereocenters. The maximum Gasteiger partial charge on any atom is 0.401 e. The number of nitrogens with one attached hydrogen (secondary N) is 1. The molecular weight excluding hydrogens is 491 g/mol. The predicted molar refractivity (Wildman–Crippen MR) is 130 cm³/mol. The lowest BCUT2D eigenvalue weighted by Gasteiger charge is -2.37.